The van der Waals surface area contributed by atoms with E-state index < -0.39 is 17.8 Å². The van der Waals surface area contributed by atoms with Gasteiger partial charge in [0.25, 0.3) is 17.7 Å². The fourth-order valence-electron chi connectivity index (χ4n) is 5.22. The predicted octanol–water partition coefficient (Wildman–Crippen LogP) is 5.18. The molecule has 42 heavy (non-hydrogen) atoms. The Balaban J connectivity index is 1.30. The lowest BCUT2D eigenvalue weighted by Crippen LogP contribution is -2.54. The normalized spacial score (nSPS) is 16.5. The molecule has 0 radical (unpaired) electrons. The van der Waals surface area contributed by atoms with Crippen LogP contribution in [0.1, 0.15) is 51.9 Å². The van der Waals surface area contributed by atoms with Gasteiger partial charge >= 0.3 is 6.03 Å². The summed E-state index contributed by atoms with van der Waals surface area (Å²) in [5.41, 5.74) is 4.05. The first-order valence-electron chi connectivity index (χ1n) is 13.9. The monoisotopic (exact) mass is 567 g/mol. The number of aryl methyl sites for hydroxylation is 2. The summed E-state index contributed by atoms with van der Waals surface area (Å²) >= 11 is 0. The van der Waals surface area contributed by atoms with Crippen molar-refractivity contribution in [2.75, 3.05) is 25.1 Å². The molecule has 5 amide bonds. The Bertz CT molecular complexity index is 1550. The highest BCUT2D eigenvalue weighted by molar-refractivity contribution is 6.39. The van der Waals surface area contributed by atoms with Crippen LogP contribution in [0.15, 0.2) is 66.2 Å². The van der Waals surface area contributed by atoms with E-state index in [0.717, 1.165) is 47.5 Å². The number of nitrogens with one attached hydrogen (secondary N) is 1. The first-order chi connectivity index (χ1) is 20.2. The number of anilines is 1. The minimum atomic E-state index is -0.794. The molecule has 0 aliphatic carbocycles. The number of urea groups is 1. The highest BCUT2D eigenvalue weighted by Crippen LogP contribution is 2.31. The second-order valence-corrected chi connectivity index (χ2v) is 10.6. The second kappa shape index (κ2) is 12.3. The average molecular weight is 568 g/mol. The van der Waals surface area contributed by atoms with Crippen LogP contribution in [0.3, 0.4) is 0 Å². The third-order valence-corrected chi connectivity index (χ3v) is 7.30. The van der Waals surface area contributed by atoms with Crippen LogP contribution in [0.25, 0.3) is 6.08 Å². The van der Waals surface area contributed by atoms with Crippen molar-refractivity contribution in [2.45, 2.75) is 39.7 Å². The maximum atomic E-state index is 13.3. The van der Waals surface area contributed by atoms with Crippen molar-refractivity contribution in [2.24, 2.45) is 0 Å². The van der Waals surface area contributed by atoms with E-state index in [9.17, 15) is 19.2 Å². The molecule has 216 valence electrons. The minimum Gasteiger partial charge on any atom is -0.493 e. The quantitative estimate of drug-likeness (QED) is 0.312. The summed E-state index contributed by atoms with van der Waals surface area (Å²) in [6, 6.07) is 17.0. The van der Waals surface area contributed by atoms with Crippen LogP contribution in [0.5, 0.6) is 11.5 Å². The van der Waals surface area contributed by atoms with E-state index in [1.54, 1.807) is 30.3 Å². The molecule has 2 aliphatic rings. The zero-order chi connectivity index (χ0) is 29.8. The Labute approximate surface area is 244 Å². The van der Waals surface area contributed by atoms with E-state index in [1.165, 1.54) is 19.6 Å². The van der Waals surface area contributed by atoms with Crippen LogP contribution in [0.2, 0.25) is 0 Å². The fraction of sp³-hybridized carbons (Fsp3) is 0.273. The SMILES string of the molecule is COc1cc(/C=C2\C(=O)NC(=O)N(c3cc(C)cc(C)c3)C2=O)ccc1OCc1ccc(C(=O)N2CCCCC2)cc1. The van der Waals surface area contributed by atoms with Gasteiger partial charge in [0.15, 0.2) is 11.5 Å². The van der Waals surface area contributed by atoms with Crippen LogP contribution < -0.4 is 19.7 Å². The number of hydrogen-bond acceptors (Lipinski definition) is 6. The highest BCUT2D eigenvalue weighted by atomic mass is 16.5. The van der Waals surface area contributed by atoms with Crippen LogP contribution in [-0.2, 0) is 16.2 Å². The van der Waals surface area contributed by atoms with Gasteiger partial charge in [-0.25, -0.2) is 9.69 Å². The van der Waals surface area contributed by atoms with Crippen molar-refractivity contribution < 1.29 is 28.7 Å². The van der Waals surface area contributed by atoms with Crippen molar-refractivity contribution >= 4 is 35.5 Å². The number of methoxy groups -OCH3 is 1. The molecule has 9 heteroatoms. The summed E-state index contributed by atoms with van der Waals surface area (Å²) in [6.45, 7) is 5.60. The molecule has 3 aromatic carbocycles. The van der Waals surface area contributed by atoms with Gasteiger partial charge < -0.3 is 14.4 Å². The van der Waals surface area contributed by atoms with Gasteiger partial charge in [-0.3, -0.25) is 19.7 Å². The third-order valence-electron chi connectivity index (χ3n) is 7.30. The van der Waals surface area contributed by atoms with Crippen molar-refractivity contribution in [3.8, 4) is 11.5 Å². The zero-order valence-electron chi connectivity index (χ0n) is 23.9. The standard InChI is InChI=1S/C33H33N3O6/c1-21-15-22(2)17-26(16-21)36-32(39)27(30(37)34-33(36)40)18-24-9-12-28(29(19-24)41-3)42-20-23-7-10-25(11-8-23)31(38)35-13-5-4-6-14-35/h7-12,15-19H,4-6,13-14,20H2,1-3H3,(H,34,37,40)/b27-18+. The third kappa shape index (κ3) is 6.20. The van der Waals surface area contributed by atoms with Crippen LogP contribution >= 0.6 is 0 Å². The molecule has 0 atom stereocenters. The first-order valence-corrected chi connectivity index (χ1v) is 13.9. The Morgan fingerprint density at radius 1 is 0.881 bits per heavy atom. The average Bonchev–Trinajstić information content (AvgIpc) is 2.98. The van der Waals surface area contributed by atoms with Crippen LogP contribution in [0.4, 0.5) is 10.5 Å². The van der Waals surface area contributed by atoms with Crippen LogP contribution in [-0.4, -0.2) is 48.9 Å². The molecule has 2 aliphatic heterocycles. The maximum Gasteiger partial charge on any atom is 0.335 e. The van der Waals surface area contributed by atoms with Gasteiger partial charge in [-0.15, -0.1) is 0 Å². The number of amides is 5. The molecule has 0 aromatic heterocycles. The molecular weight excluding hydrogens is 534 g/mol. The van der Waals surface area contributed by atoms with E-state index in [2.05, 4.69) is 5.32 Å². The summed E-state index contributed by atoms with van der Waals surface area (Å²) in [5, 5.41) is 2.25. The lowest BCUT2D eigenvalue weighted by atomic mass is 10.0. The van der Waals surface area contributed by atoms with Gasteiger partial charge in [-0.05, 0) is 97.8 Å². The summed E-state index contributed by atoms with van der Waals surface area (Å²) < 4.78 is 11.5. The molecule has 5 rings (SSSR count). The molecule has 0 spiro atoms. The van der Waals surface area contributed by atoms with E-state index in [0.29, 0.717) is 28.3 Å². The van der Waals surface area contributed by atoms with E-state index in [-0.39, 0.29) is 18.1 Å². The molecule has 0 bridgehead atoms. The number of ether oxygens (including phenoxy) is 2. The molecule has 0 unspecified atom stereocenters. The molecule has 9 nitrogen and oxygen atoms in total. The number of carbonyl (C=O) groups is 4. The predicted molar refractivity (Wildman–Crippen MR) is 158 cm³/mol. The Morgan fingerprint density at radius 2 is 1.57 bits per heavy atom. The number of nitrogens with zero attached hydrogens (tertiary/aromatic N) is 2. The van der Waals surface area contributed by atoms with E-state index in [4.69, 9.17) is 9.47 Å². The summed E-state index contributed by atoms with van der Waals surface area (Å²) in [7, 11) is 1.50. The first kappa shape index (κ1) is 28.6. The van der Waals surface area contributed by atoms with Gasteiger partial charge in [0, 0.05) is 18.7 Å². The fourth-order valence-corrected chi connectivity index (χ4v) is 5.22. The number of rotatable bonds is 7. The number of piperidine rings is 1. The number of imide groups is 2. The highest BCUT2D eigenvalue weighted by Gasteiger charge is 2.37. The number of hydrogen-bond donors (Lipinski definition) is 1. The maximum absolute atomic E-state index is 13.3. The molecule has 1 N–H and O–H groups in total. The largest absolute Gasteiger partial charge is 0.493 e. The smallest absolute Gasteiger partial charge is 0.335 e. The van der Waals surface area contributed by atoms with Crippen molar-refractivity contribution in [1.82, 2.24) is 10.2 Å². The number of benzene rings is 3. The van der Waals surface area contributed by atoms with Gasteiger partial charge in [-0.2, -0.15) is 0 Å². The lowest BCUT2D eigenvalue weighted by molar-refractivity contribution is -0.122. The molecule has 2 heterocycles. The Morgan fingerprint density at radius 3 is 2.24 bits per heavy atom. The number of carbonyl (C=O) groups excluding carboxylic acids is 4. The number of barbiturate groups is 1. The second-order valence-electron chi connectivity index (χ2n) is 10.6. The van der Waals surface area contributed by atoms with Gasteiger partial charge in [0.2, 0.25) is 0 Å². The van der Waals surface area contributed by atoms with Crippen molar-refractivity contribution in [1.29, 1.82) is 0 Å². The van der Waals surface area contributed by atoms with Crippen molar-refractivity contribution in [3.05, 3.63) is 94.1 Å². The molecule has 0 saturated carbocycles. The summed E-state index contributed by atoms with van der Waals surface area (Å²) in [4.78, 5) is 54.1. The molecule has 2 fully saturated rings. The van der Waals surface area contributed by atoms with Gasteiger partial charge in [0.1, 0.15) is 12.2 Å². The zero-order valence-corrected chi connectivity index (χ0v) is 23.9. The summed E-state index contributed by atoms with van der Waals surface area (Å²) in [6.07, 6.45) is 4.68. The minimum absolute atomic E-state index is 0.0557. The Hall–Kier alpha value is -4.92. The van der Waals surface area contributed by atoms with Crippen molar-refractivity contribution in [3.63, 3.8) is 0 Å². The molecule has 3 aromatic rings. The summed E-state index contributed by atoms with van der Waals surface area (Å²) in [5.74, 6) is -0.547. The molecular formula is C33H33N3O6. The topological polar surface area (TPSA) is 105 Å². The van der Waals surface area contributed by atoms with Gasteiger partial charge in [0.05, 0.1) is 12.8 Å². The van der Waals surface area contributed by atoms with E-state index in [1.807, 2.05) is 49.1 Å². The van der Waals surface area contributed by atoms with Gasteiger partial charge in [-0.1, -0.05) is 24.3 Å². The number of likely N-dealkylation sites (tertiary alicyclic amines) is 1. The van der Waals surface area contributed by atoms with E-state index >= 15 is 0 Å². The Kier molecular flexibility index (Phi) is 8.38. The molecule has 2 saturated heterocycles. The lowest BCUT2D eigenvalue weighted by Gasteiger charge is -2.27. The van der Waals surface area contributed by atoms with Crippen LogP contribution in [0, 0.1) is 13.8 Å².